The number of para-hydroxylation sites is 4. The van der Waals surface area contributed by atoms with Crippen molar-refractivity contribution < 1.29 is 0 Å². The fourth-order valence-corrected chi connectivity index (χ4v) is 13.4. The largest absolute Gasteiger partial charge is 0.309 e. The van der Waals surface area contributed by atoms with Gasteiger partial charge in [-0.15, -0.1) is 0 Å². The van der Waals surface area contributed by atoms with Crippen LogP contribution >= 0.6 is 0 Å². The molecule has 0 radical (unpaired) electrons. The van der Waals surface area contributed by atoms with Gasteiger partial charge in [-0.05, 0) is 123 Å². The summed E-state index contributed by atoms with van der Waals surface area (Å²) in [5, 5.41) is 12.0. The Bertz CT molecular complexity index is 5340. The molecule has 0 atom stereocenters. The van der Waals surface area contributed by atoms with Crippen LogP contribution in [0.4, 0.5) is 0 Å². The summed E-state index contributed by atoms with van der Waals surface area (Å²) < 4.78 is 4.68. The highest BCUT2D eigenvalue weighted by Gasteiger charge is 2.20. The zero-order valence-corrected chi connectivity index (χ0v) is 48.9. The summed E-state index contributed by atoms with van der Waals surface area (Å²) in [6, 6.07) is 114. The normalized spacial score (nSPS) is 11.6. The van der Waals surface area contributed by atoms with Gasteiger partial charge in [-0.25, -0.2) is 19.9 Å². The number of hydrogen-bond acceptors (Lipinski definition) is 4. The molecule has 0 bridgehead atoms. The van der Waals surface area contributed by atoms with Crippen LogP contribution in [-0.2, 0) is 0 Å². The molecule has 0 fully saturated rings. The van der Waals surface area contributed by atoms with Crippen molar-refractivity contribution >= 4 is 87.0 Å². The standard InChI is InChI=1S/C44H28N2.C40H26N4/c1-3-13-31(14-4-1)39-27-41(35-21-19-29-11-7-9-17-33(29)25-35)45-43-37(39)23-24-38-40(32-15-5-2-6-16-32)28-42(46-44(38)43)36-22-20-30-12-8-10-18-34(30)26-36;1-5-19-37-31(15-1)32-16-2-6-20-38(32)43(37)29-13-9-11-27(23-29)35-25-36(42-26-41-35)28-12-10-14-30(24-28)44-39-21-7-3-17-33(39)34-18-4-8-22-40(34)44/h1-28H;1-26H. The Morgan fingerprint density at radius 3 is 0.967 bits per heavy atom. The summed E-state index contributed by atoms with van der Waals surface area (Å²) in [4.78, 5) is 20.3. The first-order valence-corrected chi connectivity index (χ1v) is 30.5. The van der Waals surface area contributed by atoms with Crippen LogP contribution in [0.5, 0.6) is 0 Å². The van der Waals surface area contributed by atoms with Gasteiger partial charge < -0.3 is 9.13 Å². The van der Waals surface area contributed by atoms with Crippen molar-refractivity contribution in [2.75, 3.05) is 0 Å². The Balaban J connectivity index is 0.000000139. The number of aromatic nitrogens is 6. The van der Waals surface area contributed by atoms with E-state index >= 15 is 0 Å². The molecule has 18 rings (SSSR count). The Hall–Kier alpha value is -12.1. The fourth-order valence-electron chi connectivity index (χ4n) is 13.4. The molecule has 420 valence electrons. The van der Waals surface area contributed by atoms with Crippen molar-refractivity contribution in [2.24, 2.45) is 0 Å². The van der Waals surface area contributed by atoms with Gasteiger partial charge in [0.2, 0.25) is 0 Å². The molecule has 0 unspecified atom stereocenters. The minimum atomic E-state index is 0.889. The van der Waals surface area contributed by atoms with Gasteiger partial charge in [-0.3, -0.25) is 0 Å². The molecule has 0 aliphatic carbocycles. The lowest BCUT2D eigenvalue weighted by atomic mass is 9.93. The molecule has 0 aliphatic rings. The average Bonchev–Trinajstić information content (AvgIpc) is 1.17. The highest BCUT2D eigenvalue weighted by molar-refractivity contribution is 6.14. The smallest absolute Gasteiger partial charge is 0.116 e. The molecule has 0 N–H and O–H groups in total. The van der Waals surface area contributed by atoms with Gasteiger partial charge in [-0.1, -0.05) is 243 Å². The van der Waals surface area contributed by atoms with E-state index in [0.29, 0.717) is 0 Å². The number of fused-ring (bicyclic) bond motifs is 11. The molecule has 0 saturated carbocycles. The highest BCUT2D eigenvalue weighted by Crippen LogP contribution is 2.41. The van der Waals surface area contributed by atoms with Crippen molar-refractivity contribution in [3.8, 4) is 78.7 Å². The van der Waals surface area contributed by atoms with Crippen LogP contribution in [0.1, 0.15) is 0 Å². The van der Waals surface area contributed by atoms with Gasteiger partial charge >= 0.3 is 0 Å². The molecular formula is C84H54N6. The summed E-state index contributed by atoms with van der Waals surface area (Å²) >= 11 is 0. The van der Waals surface area contributed by atoms with Crippen LogP contribution in [0.15, 0.2) is 328 Å². The number of nitrogens with zero attached hydrogens (tertiary/aromatic N) is 6. The van der Waals surface area contributed by atoms with Gasteiger partial charge in [0, 0.05) is 65.9 Å². The van der Waals surface area contributed by atoms with Crippen molar-refractivity contribution in [2.45, 2.75) is 0 Å². The van der Waals surface area contributed by atoms with Gasteiger partial charge in [0.15, 0.2) is 0 Å². The van der Waals surface area contributed by atoms with Gasteiger partial charge in [0.05, 0.1) is 55.9 Å². The molecule has 0 aliphatic heterocycles. The maximum absolute atomic E-state index is 5.42. The predicted molar refractivity (Wildman–Crippen MR) is 375 cm³/mol. The van der Waals surface area contributed by atoms with Crippen LogP contribution in [-0.4, -0.2) is 29.1 Å². The molecule has 13 aromatic carbocycles. The molecule has 0 saturated heterocycles. The molecule has 90 heavy (non-hydrogen) atoms. The van der Waals surface area contributed by atoms with Crippen LogP contribution in [0.3, 0.4) is 0 Å². The van der Waals surface area contributed by atoms with E-state index in [1.54, 1.807) is 6.33 Å². The average molecular weight is 1150 g/mol. The van der Waals surface area contributed by atoms with E-state index in [1.807, 2.05) is 0 Å². The third kappa shape index (κ3) is 9.21. The molecule has 5 heterocycles. The second-order valence-electron chi connectivity index (χ2n) is 23.0. The number of pyridine rings is 2. The minimum absolute atomic E-state index is 0.889. The van der Waals surface area contributed by atoms with Gasteiger partial charge in [-0.2, -0.15) is 0 Å². The second kappa shape index (κ2) is 22.0. The first kappa shape index (κ1) is 52.2. The highest BCUT2D eigenvalue weighted by atomic mass is 15.0. The van der Waals surface area contributed by atoms with E-state index in [4.69, 9.17) is 19.9 Å². The summed E-state index contributed by atoms with van der Waals surface area (Å²) in [7, 11) is 0. The SMILES string of the molecule is c1cc(-c2cc(-c3cccc(-n4c5ccccc5c5ccccc54)c3)ncn2)cc(-n2c3ccccc3c3ccccc32)c1.c1ccc(-c2cc(-c3ccc4ccccc4c3)nc3c2ccc2c(-c4ccccc4)cc(-c4ccc5ccccc5c4)nc23)cc1. The van der Waals surface area contributed by atoms with Crippen LogP contribution in [0, 0.1) is 0 Å². The predicted octanol–water partition coefficient (Wildman–Crippen LogP) is 21.8. The lowest BCUT2D eigenvalue weighted by Gasteiger charge is -2.16. The molecule has 6 nitrogen and oxygen atoms in total. The minimum Gasteiger partial charge on any atom is -0.309 e. The molecule has 6 heteroatoms. The van der Waals surface area contributed by atoms with Crippen molar-refractivity contribution in [1.29, 1.82) is 0 Å². The molecule has 5 aromatic heterocycles. The first-order valence-electron chi connectivity index (χ1n) is 30.5. The van der Waals surface area contributed by atoms with Crippen molar-refractivity contribution in [3.05, 3.63) is 328 Å². The third-order valence-electron chi connectivity index (χ3n) is 17.6. The summed E-state index contributed by atoms with van der Waals surface area (Å²) in [5.41, 5.74) is 21.3. The Kier molecular flexibility index (Phi) is 12.8. The Morgan fingerprint density at radius 1 is 0.211 bits per heavy atom. The fraction of sp³-hybridized carbons (Fsp3) is 0. The number of benzene rings is 13. The lowest BCUT2D eigenvalue weighted by molar-refractivity contribution is 1.15. The van der Waals surface area contributed by atoms with Gasteiger partial charge in [0.25, 0.3) is 0 Å². The quantitative estimate of drug-likeness (QED) is 0.142. The van der Waals surface area contributed by atoms with Crippen molar-refractivity contribution in [1.82, 2.24) is 29.1 Å². The van der Waals surface area contributed by atoms with E-state index in [9.17, 15) is 0 Å². The summed E-state index contributed by atoms with van der Waals surface area (Å²) in [5.74, 6) is 0. The maximum Gasteiger partial charge on any atom is 0.116 e. The third-order valence-corrected chi connectivity index (χ3v) is 17.6. The van der Waals surface area contributed by atoms with Crippen molar-refractivity contribution in [3.63, 3.8) is 0 Å². The van der Waals surface area contributed by atoms with E-state index in [-0.39, 0.29) is 0 Å². The van der Waals surface area contributed by atoms with Gasteiger partial charge in [0.1, 0.15) is 6.33 Å². The maximum atomic E-state index is 5.42. The topological polar surface area (TPSA) is 61.4 Å². The van der Waals surface area contributed by atoms with Crippen LogP contribution in [0.2, 0.25) is 0 Å². The van der Waals surface area contributed by atoms with E-state index in [2.05, 4.69) is 331 Å². The number of rotatable bonds is 8. The molecule has 0 amide bonds. The second-order valence-corrected chi connectivity index (χ2v) is 23.0. The van der Waals surface area contributed by atoms with Crippen LogP contribution in [0.25, 0.3) is 166 Å². The summed E-state index contributed by atoms with van der Waals surface area (Å²) in [6.45, 7) is 0. The monoisotopic (exact) mass is 1150 g/mol. The zero-order chi connectivity index (χ0) is 59.5. The Morgan fingerprint density at radius 2 is 0.556 bits per heavy atom. The zero-order valence-electron chi connectivity index (χ0n) is 48.9. The Labute approximate surface area is 519 Å². The molecule has 0 spiro atoms. The molecular weight excluding hydrogens is 1090 g/mol. The van der Waals surface area contributed by atoms with Crippen LogP contribution < -0.4 is 0 Å². The first-order chi connectivity index (χ1) is 44.6. The summed E-state index contributed by atoms with van der Waals surface area (Å²) in [6.07, 6.45) is 1.67. The van der Waals surface area contributed by atoms with E-state index in [1.165, 1.54) is 65.2 Å². The van der Waals surface area contributed by atoms with E-state index < -0.39 is 0 Å². The van der Waals surface area contributed by atoms with E-state index in [0.717, 1.165) is 100 Å². The molecule has 18 aromatic rings. The lowest BCUT2D eigenvalue weighted by Crippen LogP contribution is -1.96. The number of hydrogen-bond donors (Lipinski definition) is 0.